The van der Waals surface area contributed by atoms with Crippen LogP contribution in [0.4, 0.5) is 18.9 Å². The van der Waals surface area contributed by atoms with E-state index in [1.807, 2.05) is 13.0 Å². The summed E-state index contributed by atoms with van der Waals surface area (Å²) in [6.45, 7) is 4.94. The molecule has 8 heteroatoms. The zero-order valence-corrected chi connectivity index (χ0v) is 16.4. The topological polar surface area (TPSA) is 58.6 Å². The van der Waals surface area contributed by atoms with E-state index in [4.69, 9.17) is 4.74 Å². The first-order valence-corrected chi connectivity index (χ1v) is 9.10. The fourth-order valence-corrected chi connectivity index (χ4v) is 2.75. The van der Waals surface area contributed by atoms with Gasteiger partial charge in [0, 0.05) is 6.54 Å². The molecule has 5 nitrogen and oxygen atoms in total. The first kappa shape index (κ1) is 22.3. The molecule has 0 saturated heterocycles. The molecule has 29 heavy (non-hydrogen) atoms. The molecule has 0 spiro atoms. The van der Waals surface area contributed by atoms with Crippen LogP contribution in [-0.2, 0) is 15.8 Å². The fraction of sp³-hybridized carbons (Fsp3) is 0.333. The Kier molecular flexibility index (Phi) is 7.25. The van der Waals surface area contributed by atoms with E-state index >= 15 is 0 Å². The minimum Gasteiger partial charge on any atom is -0.481 e. The lowest BCUT2D eigenvalue weighted by Crippen LogP contribution is -2.44. The summed E-state index contributed by atoms with van der Waals surface area (Å²) < 4.78 is 44.8. The molecule has 0 bridgehead atoms. The predicted molar refractivity (Wildman–Crippen MR) is 104 cm³/mol. The molecule has 0 radical (unpaired) electrons. The quantitative estimate of drug-likeness (QED) is 0.745. The monoisotopic (exact) mass is 408 g/mol. The van der Waals surface area contributed by atoms with E-state index in [-0.39, 0.29) is 18.8 Å². The van der Waals surface area contributed by atoms with Crippen LogP contribution in [0.25, 0.3) is 0 Å². The van der Waals surface area contributed by atoms with Crippen LogP contribution in [0, 0.1) is 6.92 Å². The highest BCUT2D eigenvalue weighted by molar-refractivity contribution is 5.95. The highest BCUT2D eigenvalue weighted by Gasteiger charge is 2.33. The Bertz CT molecular complexity index is 868. The molecule has 0 aliphatic rings. The van der Waals surface area contributed by atoms with E-state index in [0.717, 1.165) is 11.6 Å². The van der Waals surface area contributed by atoms with Crippen LogP contribution in [0.5, 0.6) is 5.75 Å². The molecule has 156 valence electrons. The van der Waals surface area contributed by atoms with Crippen molar-refractivity contribution < 1.29 is 27.5 Å². The van der Waals surface area contributed by atoms with E-state index < -0.39 is 29.7 Å². The second-order valence-electron chi connectivity index (χ2n) is 6.52. The third kappa shape index (κ3) is 6.23. The maximum atomic E-state index is 13.1. The molecule has 0 heterocycles. The van der Waals surface area contributed by atoms with Crippen LogP contribution < -0.4 is 10.1 Å². The number of rotatable bonds is 7. The van der Waals surface area contributed by atoms with Gasteiger partial charge in [-0.3, -0.25) is 9.59 Å². The van der Waals surface area contributed by atoms with Gasteiger partial charge in [-0.1, -0.05) is 24.3 Å². The third-order valence-corrected chi connectivity index (χ3v) is 4.18. The van der Waals surface area contributed by atoms with Gasteiger partial charge in [0.05, 0.1) is 17.8 Å². The Morgan fingerprint density at radius 2 is 1.83 bits per heavy atom. The van der Waals surface area contributed by atoms with Crippen molar-refractivity contribution in [3.63, 3.8) is 0 Å². The van der Waals surface area contributed by atoms with Gasteiger partial charge < -0.3 is 15.0 Å². The molecule has 0 aliphatic carbocycles. The zero-order chi connectivity index (χ0) is 21.6. The van der Waals surface area contributed by atoms with E-state index in [1.54, 1.807) is 32.0 Å². The molecule has 2 aromatic rings. The number of nitrogens with zero attached hydrogens (tertiary/aromatic N) is 1. The number of hydrogen-bond donors (Lipinski definition) is 1. The van der Waals surface area contributed by atoms with Crippen LogP contribution in [0.2, 0.25) is 0 Å². The highest BCUT2D eigenvalue weighted by atomic mass is 19.4. The standard InChI is InChI=1S/C21H23F3N2O3/c1-4-26(20(28)15(3)29-16-9-7-8-14(2)12-16)13-19(27)25-18-11-6-5-10-17(18)21(22,23)24/h5-12,15H,4,13H2,1-3H3,(H,25,27). The summed E-state index contributed by atoms with van der Waals surface area (Å²) in [5.74, 6) is -0.640. The van der Waals surface area contributed by atoms with Gasteiger partial charge in [-0.05, 0) is 50.6 Å². The van der Waals surface area contributed by atoms with Crippen molar-refractivity contribution >= 4 is 17.5 Å². The van der Waals surface area contributed by atoms with Gasteiger partial charge in [0.15, 0.2) is 6.10 Å². The molecule has 1 atom stereocenters. The number of nitrogens with one attached hydrogen (secondary N) is 1. The van der Waals surface area contributed by atoms with E-state index in [2.05, 4.69) is 5.32 Å². The predicted octanol–water partition coefficient (Wildman–Crippen LogP) is 4.27. The highest BCUT2D eigenvalue weighted by Crippen LogP contribution is 2.34. The second-order valence-corrected chi connectivity index (χ2v) is 6.52. The molecule has 0 aliphatic heterocycles. The van der Waals surface area contributed by atoms with Crippen LogP contribution in [-0.4, -0.2) is 35.9 Å². The van der Waals surface area contributed by atoms with Gasteiger partial charge in [0.2, 0.25) is 5.91 Å². The molecular weight excluding hydrogens is 385 g/mol. The van der Waals surface area contributed by atoms with Crippen LogP contribution in [0.3, 0.4) is 0 Å². The maximum Gasteiger partial charge on any atom is 0.418 e. The van der Waals surface area contributed by atoms with Crippen molar-refractivity contribution in [3.8, 4) is 5.75 Å². The first-order valence-electron chi connectivity index (χ1n) is 9.10. The van der Waals surface area contributed by atoms with Gasteiger partial charge in [-0.25, -0.2) is 0 Å². The number of aryl methyl sites for hydroxylation is 1. The Hall–Kier alpha value is -3.03. The van der Waals surface area contributed by atoms with Crippen LogP contribution >= 0.6 is 0 Å². The summed E-state index contributed by atoms with van der Waals surface area (Å²) >= 11 is 0. The number of carbonyl (C=O) groups excluding carboxylic acids is 2. The number of para-hydroxylation sites is 1. The molecule has 2 amide bonds. The summed E-state index contributed by atoms with van der Waals surface area (Å²) in [4.78, 5) is 26.1. The number of halogens is 3. The smallest absolute Gasteiger partial charge is 0.418 e. The summed E-state index contributed by atoms with van der Waals surface area (Å²) in [6, 6.07) is 11.9. The largest absolute Gasteiger partial charge is 0.481 e. The molecule has 1 unspecified atom stereocenters. The normalized spacial score (nSPS) is 12.2. The van der Waals surface area contributed by atoms with E-state index in [1.165, 1.54) is 23.1 Å². The molecule has 1 N–H and O–H groups in total. The SMILES string of the molecule is CCN(CC(=O)Nc1ccccc1C(F)(F)F)C(=O)C(C)Oc1cccc(C)c1. The Balaban J connectivity index is 2.03. The maximum absolute atomic E-state index is 13.1. The number of alkyl halides is 3. The Morgan fingerprint density at radius 3 is 2.45 bits per heavy atom. The summed E-state index contributed by atoms with van der Waals surface area (Å²) in [7, 11) is 0. The summed E-state index contributed by atoms with van der Waals surface area (Å²) in [5, 5.41) is 2.24. The van der Waals surface area contributed by atoms with Crippen molar-refractivity contribution in [1.29, 1.82) is 0 Å². The van der Waals surface area contributed by atoms with Crippen molar-refractivity contribution in [2.24, 2.45) is 0 Å². The average molecular weight is 408 g/mol. The van der Waals surface area contributed by atoms with Crippen molar-refractivity contribution in [3.05, 3.63) is 59.7 Å². The second kappa shape index (κ2) is 9.45. The van der Waals surface area contributed by atoms with Gasteiger partial charge in [0.1, 0.15) is 5.75 Å². The van der Waals surface area contributed by atoms with Crippen LogP contribution in [0.1, 0.15) is 25.0 Å². The molecule has 0 aromatic heterocycles. The average Bonchev–Trinajstić information content (AvgIpc) is 2.65. The number of likely N-dealkylation sites (N-methyl/N-ethyl adjacent to an activating group) is 1. The zero-order valence-electron chi connectivity index (χ0n) is 16.4. The van der Waals surface area contributed by atoms with Gasteiger partial charge in [-0.2, -0.15) is 13.2 Å². The third-order valence-electron chi connectivity index (χ3n) is 4.18. The number of ether oxygens (including phenoxy) is 1. The van der Waals surface area contributed by atoms with Gasteiger partial charge in [0.25, 0.3) is 5.91 Å². The Morgan fingerprint density at radius 1 is 1.14 bits per heavy atom. The molecule has 2 aromatic carbocycles. The summed E-state index contributed by atoms with van der Waals surface area (Å²) in [5.41, 5.74) is -0.325. The minimum absolute atomic E-state index is 0.203. The fourth-order valence-electron chi connectivity index (χ4n) is 2.75. The van der Waals surface area contributed by atoms with Gasteiger partial charge in [-0.15, -0.1) is 0 Å². The van der Waals surface area contributed by atoms with Crippen molar-refractivity contribution in [1.82, 2.24) is 4.90 Å². The lowest BCUT2D eigenvalue weighted by molar-refractivity contribution is -0.140. The lowest BCUT2D eigenvalue weighted by atomic mass is 10.1. The van der Waals surface area contributed by atoms with E-state index in [0.29, 0.717) is 5.75 Å². The van der Waals surface area contributed by atoms with Crippen molar-refractivity contribution in [2.45, 2.75) is 33.1 Å². The number of carbonyl (C=O) groups is 2. The molecular formula is C21H23F3N2O3. The van der Waals surface area contributed by atoms with Crippen LogP contribution in [0.15, 0.2) is 48.5 Å². The minimum atomic E-state index is -4.60. The van der Waals surface area contributed by atoms with Crippen molar-refractivity contribution in [2.75, 3.05) is 18.4 Å². The molecule has 0 fully saturated rings. The lowest BCUT2D eigenvalue weighted by Gasteiger charge is -2.24. The molecule has 0 saturated carbocycles. The number of hydrogen-bond acceptors (Lipinski definition) is 3. The first-order chi connectivity index (χ1) is 13.6. The van der Waals surface area contributed by atoms with Gasteiger partial charge >= 0.3 is 6.18 Å². The Labute approximate surface area is 167 Å². The number of anilines is 1. The van der Waals surface area contributed by atoms with E-state index in [9.17, 15) is 22.8 Å². The molecule has 2 rings (SSSR count). The number of amides is 2. The number of benzene rings is 2. The summed E-state index contributed by atoms with van der Waals surface area (Å²) in [6.07, 6.45) is -5.45.